The molecular weight excluding hydrogens is 381 g/mol. The lowest BCUT2D eigenvalue weighted by Gasteiger charge is -2.37. The van der Waals surface area contributed by atoms with Gasteiger partial charge in [-0.05, 0) is 55.7 Å². The smallest absolute Gasteiger partial charge is 0.368 e. The normalized spacial score (nSPS) is 26.1. The maximum atomic E-state index is 13.0. The molecule has 2 heterocycles. The van der Waals surface area contributed by atoms with Crippen molar-refractivity contribution >= 4 is 11.7 Å². The number of hydrogen-bond donors (Lipinski definition) is 1. The number of aromatic nitrogens is 1. The van der Waals surface area contributed by atoms with Gasteiger partial charge in [0.2, 0.25) is 5.91 Å². The van der Waals surface area contributed by atoms with E-state index < -0.39 is 11.9 Å². The second-order valence-electron chi connectivity index (χ2n) is 9.70. The number of carbonyl (C=O) groups excluding carboxylic acids is 1. The van der Waals surface area contributed by atoms with Crippen molar-refractivity contribution in [2.75, 3.05) is 25.0 Å². The molecule has 2 N–H and O–H groups in total. The zero-order valence-corrected chi connectivity index (χ0v) is 17.5. The molecule has 1 aliphatic carbocycles. The first-order chi connectivity index (χ1) is 13.4. The molecule has 29 heavy (non-hydrogen) atoms. The van der Waals surface area contributed by atoms with Gasteiger partial charge in [0.05, 0.1) is 6.04 Å². The molecule has 5 nitrogen and oxygen atoms in total. The number of rotatable bonds is 5. The number of pyridine rings is 1. The molecule has 3 rings (SSSR count). The van der Waals surface area contributed by atoms with E-state index in [0.29, 0.717) is 31.2 Å². The van der Waals surface area contributed by atoms with Crippen LogP contribution in [0, 0.1) is 17.3 Å². The molecule has 1 amide bonds. The molecule has 1 aromatic rings. The van der Waals surface area contributed by atoms with Crippen LogP contribution >= 0.6 is 0 Å². The Labute approximate surface area is 170 Å². The largest absolute Gasteiger partial charge is 0.433 e. The first-order valence-electron chi connectivity index (χ1n) is 10.2. The number of halogens is 3. The Morgan fingerprint density at radius 2 is 1.97 bits per heavy atom. The van der Waals surface area contributed by atoms with Crippen LogP contribution in [0.2, 0.25) is 0 Å². The summed E-state index contributed by atoms with van der Waals surface area (Å²) in [5, 5.41) is 0. The van der Waals surface area contributed by atoms with Crippen molar-refractivity contribution in [1.82, 2.24) is 9.88 Å². The number of fused-ring (bicyclic) bond motifs is 1. The minimum Gasteiger partial charge on any atom is -0.368 e. The maximum absolute atomic E-state index is 13.0. The van der Waals surface area contributed by atoms with Crippen LogP contribution in [-0.2, 0) is 11.0 Å². The second kappa shape index (κ2) is 7.78. The Bertz CT molecular complexity index is 746. The van der Waals surface area contributed by atoms with E-state index in [1.165, 1.54) is 6.07 Å². The van der Waals surface area contributed by atoms with Crippen LogP contribution in [0.5, 0.6) is 0 Å². The Balaban J connectivity index is 1.75. The molecule has 162 valence electrons. The van der Waals surface area contributed by atoms with Crippen LogP contribution in [0.25, 0.3) is 0 Å². The summed E-state index contributed by atoms with van der Waals surface area (Å²) in [7, 11) is 1.96. The standard InChI is InChI=1S/C21H31F3N4O/c1-20(2,3)10-16(19(25)29)27(4)15-9-8-13-11-28(12-14(13)15)18-7-5-6-17(26-18)21(22,23)24/h5-7,13-16H,8-12H2,1-4H3,(H2,25,29)/t13?,14-,15?,16?/m0/s1. The average molecular weight is 412 g/mol. The number of nitrogens with two attached hydrogens (primary N) is 1. The van der Waals surface area contributed by atoms with Gasteiger partial charge in [0.25, 0.3) is 0 Å². The molecule has 4 atom stereocenters. The molecule has 2 aliphatic rings. The number of likely N-dealkylation sites (N-methyl/N-ethyl adjacent to an activating group) is 1. The van der Waals surface area contributed by atoms with Gasteiger partial charge >= 0.3 is 6.18 Å². The van der Waals surface area contributed by atoms with Crippen LogP contribution < -0.4 is 10.6 Å². The Kier molecular flexibility index (Phi) is 5.87. The highest BCUT2D eigenvalue weighted by Crippen LogP contribution is 2.43. The third-order valence-corrected chi connectivity index (χ3v) is 6.32. The first-order valence-corrected chi connectivity index (χ1v) is 10.2. The summed E-state index contributed by atoms with van der Waals surface area (Å²) in [6.07, 6.45) is -1.80. The molecule has 0 radical (unpaired) electrons. The minimum atomic E-state index is -4.45. The zero-order valence-electron chi connectivity index (χ0n) is 17.5. The van der Waals surface area contributed by atoms with Crippen molar-refractivity contribution in [2.24, 2.45) is 23.0 Å². The van der Waals surface area contributed by atoms with Crippen LogP contribution in [0.1, 0.15) is 45.7 Å². The fraction of sp³-hybridized carbons (Fsp3) is 0.714. The van der Waals surface area contributed by atoms with E-state index in [1.54, 1.807) is 6.07 Å². The summed E-state index contributed by atoms with van der Waals surface area (Å²) in [6, 6.07) is 3.90. The molecule has 1 aliphatic heterocycles. The van der Waals surface area contributed by atoms with E-state index in [0.717, 1.165) is 18.9 Å². The fourth-order valence-corrected chi connectivity index (χ4v) is 4.94. The quantitative estimate of drug-likeness (QED) is 0.804. The van der Waals surface area contributed by atoms with E-state index in [9.17, 15) is 18.0 Å². The van der Waals surface area contributed by atoms with E-state index in [4.69, 9.17) is 5.73 Å². The molecule has 2 fully saturated rings. The highest BCUT2D eigenvalue weighted by atomic mass is 19.4. The summed E-state index contributed by atoms with van der Waals surface area (Å²) in [4.78, 5) is 20.1. The number of carbonyl (C=O) groups is 1. The summed E-state index contributed by atoms with van der Waals surface area (Å²) in [5.74, 6) is 0.733. The number of nitrogens with zero attached hydrogens (tertiary/aromatic N) is 3. The number of primary amides is 1. The zero-order chi connectivity index (χ0) is 21.6. The van der Waals surface area contributed by atoms with Crippen LogP contribution in [0.4, 0.5) is 19.0 Å². The van der Waals surface area contributed by atoms with Gasteiger partial charge in [-0.2, -0.15) is 13.2 Å². The summed E-state index contributed by atoms with van der Waals surface area (Å²) < 4.78 is 39.1. The third kappa shape index (κ3) is 4.85. The van der Waals surface area contributed by atoms with Crippen LogP contribution in [0.3, 0.4) is 0 Å². The topological polar surface area (TPSA) is 62.5 Å². The second-order valence-corrected chi connectivity index (χ2v) is 9.70. The number of anilines is 1. The molecule has 0 spiro atoms. The Hall–Kier alpha value is -1.83. The summed E-state index contributed by atoms with van der Waals surface area (Å²) in [6.45, 7) is 7.61. The Morgan fingerprint density at radius 3 is 2.55 bits per heavy atom. The number of hydrogen-bond acceptors (Lipinski definition) is 4. The molecule has 0 bridgehead atoms. The molecule has 8 heteroatoms. The Morgan fingerprint density at radius 1 is 1.28 bits per heavy atom. The van der Waals surface area contributed by atoms with Crippen molar-refractivity contribution in [1.29, 1.82) is 0 Å². The van der Waals surface area contributed by atoms with Gasteiger partial charge in [-0.3, -0.25) is 9.69 Å². The fourth-order valence-electron chi connectivity index (χ4n) is 4.94. The number of alkyl halides is 3. The predicted molar refractivity (Wildman–Crippen MR) is 106 cm³/mol. The van der Waals surface area contributed by atoms with E-state index in [-0.39, 0.29) is 29.3 Å². The molecule has 3 unspecified atom stereocenters. The van der Waals surface area contributed by atoms with E-state index in [2.05, 4.69) is 30.7 Å². The van der Waals surface area contributed by atoms with Crippen molar-refractivity contribution in [2.45, 2.75) is 58.3 Å². The molecule has 0 aromatic carbocycles. The number of amides is 1. The van der Waals surface area contributed by atoms with Crippen LogP contribution in [-0.4, -0.2) is 48.0 Å². The minimum absolute atomic E-state index is 0.0321. The van der Waals surface area contributed by atoms with Gasteiger partial charge in [-0.25, -0.2) is 4.98 Å². The molecule has 1 saturated carbocycles. The first kappa shape index (κ1) is 21.9. The van der Waals surface area contributed by atoms with Crippen molar-refractivity contribution in [3.8, 4) is 0 Å². The monoisotopic (exact) mass is 412 g/mol. The third-order valence-electron chi connectivity index (χ3n) is 6.32. The molecule has 1 aromatic heterocycles. The van der Waals surface area contributed by atoms with E-state index >= 15 is 0 Å². The van der Waals surface area contributed by atoms with Crippen molar-refractivity contribution in [3.05, 3.63) is 23.9 Å². The molecular formula is C21H31F3N4O. The lowest BCUT2D eigenvalue weighted by atomic mass is 9.86. The van der Waals surface area contributed by atoms with Gasteiger partial charge in [-0.15, -0.1) is 0 Å². The van der Waals surface area contributed by atoms with Gasteiger partial charge < -0.3 is 10.6 Å². The van der Waals surface area contributed by atoms with Gasteiger partial charge in [0, 0.05) is 19.1 Å². The lowest BCUT2D eigenvalue weighted by Crippen LogP contribution is -2.51. The van der Waals surface area contributed by atoms with Crippen LogP contribution in [0.15, 0.2) is 18.2 Å². The molecule has 1 saturated heterocycles. The SMILES string of the molecule is CN(C(CC(C)(C)C)C(N)=O)C1CCC2CN(c3cccc(C(F)(F)F)n3)C[C@@H]21. The van der Waals surface area contributed by atoms with Gasteiger partial charge in [0.1, 0.15) is 11.5 Å². The van der Waals surface area contributed by atoms with Gasteiger partial charge in [-0.1, -0.05) is 26.8 Å². The predicted octanol–water partition coefficient (Wildman–Crippen LogP) is 3.54. The highest BCUT2D eigenvalue weighted by molar-refractivity contribution is 5.80. The van der Waals surface area contributed by atoms with Crippen molar-refractivity contribution < 1.29 is 18.0 Å². The van der Waals surface area contributed by atoms with Gasteiger partial charge in [0.15, 0.2) is 0 Å². The van der Waals surface area contributed by atoms with E-state index in [1.807, 2.05) is 11.9 Å². The lowest BCUT2D eigenvalue weighted by molar-refractivity contribution is -0.141. The maximum Gasteiger partial charge on any atom is 0.433 e. The summed E-state index contributed by atoms with van der Waals surface area (Å²) in [5.41, 5.74) is 4.82. The highest BCUT2D eigenvalue weighted by Gasteiger charge is 2.46. The average Bonchev–Trinajstić information content (AvgIpc) is 3.18. The van der Waals surface area contributed by atoms with Crippen molar-refractivity contribution in [3.63, 3.8) is 0 Å². The summed E-state index contributed by atoms with van der Waals surface area (Å²) >= 11 is 0.